The van der Waals surface area contributed by atoms with Crippen LogP contribution in [-0.2, 0) is 28.5 Å². The fourth-order valence-corrected chi connectivity index (χ4v) is 1.58. The summed E-state index contributed by atoms with van der Waals surface area (Å²) in [4.78, 5) is 22.9. The number of hydrogen-bond acceptors (Lipinski definition) is 7. The first kappa shape index (κ1) is 22.8. The van der Waals surface area contributed by atoms with E-state index in [1.165, 1.54) is 0 Å². The second kappa shape index (κ2) is 11.4. The Morgan fingerprint density at radius 2 is 1.25 bits per heavy atom. The van der Waals surface area contributed by atoms with Crippen LogP contribution in [0.4, 0.5) is 0 Å². The summed E-state index contributed by atoms with van der Waals surface area (Å²) in [6, 6.07) is 0. The van der Waals surface area contributed by atoms with Gasteiger partial charge in [0.05, 0.1) is 39.4 Å². The molecule has 0 heterocycles. The molecule has 1 N–H and O–H groups in total. The summed E-state index contributed by atoms with van der Waals surface area (Å²) in [5, 5.41) is 2.94. The van der Waals surface area contributed by atoms with Crippen molar-refractivity contribution in [3.8, 4) is 0 Å². The molecule has 0 radical (unpaired) electrons. The Morgan fingerprint density at radius 1 is 0.750 bits per heavy atom. The van der Waals surface area contributed by atoms with Crippen LogP contribution in [0.3, 0.4) is 0 Å². The molecule has 0 spiro atoms. The molecule has 0 aliphatic rings. The number of carbonyl (C=O) groups is 2. The zero-order valence-corrected chi connectivity index (χ0v) is 15.9. The molecule has 0 aromatic heterocycles. The summed E-state index contributed by atoms with van der Waals surface area (Å²) in [5.74, 6) is -0.553. The lowest BCUT2D eigenvalue weighted by atomic mass is 10.2. The third kappa shape index (κ3) is 17.2. The molecule has 0 saturated carbocycles. The van der Waals surface area contributed by atoms with E-state index in [9.17, 15) is 9.59 Å². The molecule has 0 aromatic rings. The molecule has 0 aliphatic heterocycles. The van der Waals surface area contributed by atoms with Crippen molar-refractivity contribution in [2.75, 3.05) is 39.5 Å². The molecule has 0 aliphatic carbocycles. The SMILES string of the molecule is CC(C)(C)OC(=O)CCOCCOCCNCC(=O)OC(C)(C)C. The van der Waals surface area contributed by atoms with E-state index in [0.29, 0.717) is 33.0 Å². The maximum absolute atomic E-state index is 11.4. The lowest BCUT2D eigenvalue weighted by Crippen LogP contribution is -2.33. The normalized spacial score (nSPS) is 12.1. The Balaban J connectivity index is 3.37. The summed E-state index contributed by atoms with van der Waals surface area (Å²) >= 11 is 0. The van der Waals surface area contributed by atoms with Crippen LogP contribution >= 0.6 is 0 Å². The summed E-state index contributed by atoms with van der Waals surface area (Å²) in [6.45, 7) is 13.3. The van der Waals surface area contributed by atoms with Gasteiger partial charge in [0.25, 0.3) is 0 Å². The van der Waals surface area contributed by atoms with Crippen molar-refractivity contribution in [3.63, 3.8) is 0 Å². The molecular weight excluding hydrogens is 314 g/mol. The molecule has 7 nitrogen and oxygen atoms in total. The smallest absolute Gasteiger partial charge is 0.320 e. The zero-order chi connectivity index (χ0) is 18.6. The van der Waals surface area contributed by atoms with Crippen LogP contribution in [0.5, 0.6) is 0 Å². The topological polar surface area (TPSA) is 83.1 Å². The molecule has 24 heavy (non-hydrogen) atoms. The monoisotopic (exact) mass is 347 g/mol. The molecule has 0 amide bonds. The van der Waals surface area contributed by atoms with Gasteiger partial charge in [-0.15, -0.1) is 0 Å². The number of nitrogens with one attached hydrogen (secondary N) is 1. The first-order valence-corrected chi connectivity index (χ1v) is 8.29. The number of rotatable bonds is 11. The van der Waals surface area contributed by atoms with E-state index in [4.69, 9.17) is 18.9 Å². The molecule has 0 fully saturated rings. The lowest BCUT2D eigenvalue weighted by molar-refractivity contribution is -0.156. The van der Waals surface area contributed by atoms with Crippen molar-refractivity contribution in [1.82, 2.24) is 5.32 Å². The largest absolute Gasteiger partial charge is 0.460 e. The van der Waals surface area contributed by atoms with Gasteiger partial charge < -0.3 is 24.3 Å². The van der Waals surface area contributed by atoms with E-state index in [0.717, 1.165) is 0 Å². The van der Waals surface area contributed by atoms with Crippen molar-refractivity contribution < 1.29 is 28.5 Å². The highest BCUT2D eigenvalue weighted by atomic mass is 16.6. The summed E-state index contributed by atoms with van der Waals surface area (Å²) in [5.41, 5.74) is -0.932. The zero-order valence-electron chi connectivity index (χ0n) is 15.9. The Kier molecular flexibility index (Phi) is 10.8. The Morgan fingerprint density at radius 3 is 1.79 bits per heavy atom. The van der Waals surface area contributed by atoms with Crippen LogP contribution in [0.1, 0.15) is 48.0 Å². The van der Waals surface area contributed by atoms with E-state index in [1.807, 2.05) is 41.5 Å². The van der Waals surface area contributed by atoms with Gasteiger partial charge in [0, 0.05) is 6.54 Å². The predicted octanol–water partition coefficient (Wildman–Crippen LogP) is 1.68. The Hall–Kier alpha value is -1.18. The molecular formula is C17H33NO6. The first-order chi connectivity index (χ1) is 11.0. The van der Waals surface area contributed by atoms with E-state index < -0.39 is 11.2 Å². The Labute approximate surface area is 145 Å². The van der Waals surface area contributed by atoms with Crippen molar-refractivity contribution >= 4 is 11.9 Å². The van der Waals surface area contributed by atoms with Gasteiger partial charge in [-0.25, -0.2) is 0 Å². The summed E-state index contributed by atoms with van der Waals surface area (Å²) in [7, 11) is 0. The highest BCUT2D eigenvalue weighted by molar-refractivity contribution is 5.72. The van der Waals surface area contributed by atoms with E-state index >= 15 is 0 Å². The molecule has 0 unspecified atom stereocenters. The van der Waals surface area contributed by atoms with Gasteiger partial charge in [0.1, 0.15) is 11.2 Å². The predicted molar refractivity (Wildman–Crippen MR) is 90.8 cm³/mol. The molecule has 0 aromatic carbocycles. The van der Waals surface area contributed by atoms with Crippen molar-refractivity contribution in [3.05, 3.63) is 0 Å². The van der Waals surface area contributed by atoms with Crippen LogP contribution in [0.15, 0.2) is 0 Å². The van der Waals surface area contributed by atoms with Crippen molar-refractivity contribution in [2.24, 2.45) is 0 Å². The molecule has 0 atom stereocenters. The minimum absolute atomic E-state index is 0.160. The summed E-state index contributed by atoms with van der Waals surface area (Å²) < 4.78 is 21.0. The van der Waals surface area contributed by atoms with Crippen LogP contribution in [0.2, 0.25) is 0 Å². The maximum Gasteiger partial charge on any atom is 0.320 e. The van der Waals surface area contributed by atoms with Gasteiger partial charge in [-0.05, 0) is 41.5 Å². The van der Waals surface area contributed by atoms with E-state index in [-0.39, 0.29) is 24.9 Å². The number of ether oxygens (including phenoxy) is 4. The van der Waals surface area contributed by atoms with Crippen LogP contribution in [0.25, 0.3) is 0 Å². The van der Waals surface area contributed by atoms with Crippen molar-refractivity contribution in [1.29, 1.82) is 0 Å². The van der Waals surface area contributed by atoms with Crippen LogP contribution in [0, 0.1) is 0 Å². The minimum atomic E-state index is -0.466. The fourth-order valence-electron chi connectivity index (χ4n) is 1.58. The minimum Gasteiger partial charge on any atom is -0.460 e. The molecule has 7 heteroatoms. The quantitative estimate of drug-likeness (QED) is 0.450. The van der Waals surface area contributed by atoms with Crippen LogP contribution < -0.4 is 5.32 Å². The van der Waals surface area contributed by atoms with Gasteiger partial charge in [-0.1, -0.05) is 0 Å². The second-order valence-corrected chi connectivity index (χ2v) is 7.32. The third-order valence-electron chi connectivity index (χ3n) is 2.36. The molecule has 142 valence electrons. The number of esters is 2. The van der Waals surface area contributed by atoms with E-state index in [2.05, 4.69) is 5.32 Å². The van der Waals surface area contributed by atoms with Gasteiger partial charge in [-0.3, -0.25) is 9.59 Å². The first-order valence-electron chi connectivity index (χ1n) is 8.29. The lowest BCUT2D eigenvalue weighted by Gasteiger charge is -2.19. The highest BCUT2D eigenvalue weighted by Crippen LogP contribution is 2.08. The fraction of sp³-hybridized carbons (Fsp3) is 0.882. The second-order valence-electron chi connectivity index (χ2n) is 7.32. The number of hydrogen-bond donors (Lipinski definition) is 1. The molecule has 0 bridgehead atoms. The van der Waals surface area contributed by atoms with Gasteiger partial charge in [0.15, 0.2) is 0 Å². The number of carbonyl (C=O) groups excluding carboxylic acids is 2. The Bertz CT molecular complexity index is 334. The maximum atomic E-state index is 11.4. The molecule has 0 rings (SSSR count). The average Bonchev–Trinajstić information content (AvgIpc) is 2.36. The van der Waals surface area contributed by atoms with Gasteiger partial charge in [-0.2, -0.15) is 0 Å². The standard InChI is InChI=1S/C17H33NO6/c1-16(2,3)23-14(19)7-9-21-11-12-22-10-8-18-13-15(20)24-17(4,5)6/h18H,7-13H2,1-6H3. The van der Waals surface area contributed by atoms with Gasteiger partial charge in [0.2, 0.25) is 0 Å². The van der Waals surface area contributed by atoms with E-state index in [1.54, 1.807) is 0 Å². The van der Waals surface area contributed by atoms with Crippen molar-refractivity contribution in [2.45, 2.75) is 59.2 Å². The van der Waals surface area contributed by atoms with Crippen LogP contribution in [-0.4, -0.2) is 62.7 Å². The molecule has 0 saturated heterocycles. The average molecular weight is 347 g/mol. The highest BCUT2D eigenvalue weighted by Gasteiger charge is 2.16. The summed E-state index contributed by atoms with van der Waals surface area (Å²) in [6.07, 6.45) is 0.231. The van der Waals surface area contributed by atoms with Gasteiger partial charge >= 0.3 is 11.9 Å². The third-order valence-corrected chi connectivity index (χ3v) is 2.36.